The van der Waals surface area contributed by atoms with Crippen molar-refractivity contribution in [1.29, 1.82) is 0 Å². The van der Waals surface area contributed by atoms with Crippen LogP contribution in [0.15, 0.2) is 12.0 Å². The largest absolute Gasteiger partial charge is 0.494 e. The minimum Gasteiger partial charge on any atom is -0.494 e. The van der Waals surface area contributed by atoms with Crippen LogP contribution in [0, 0.1) is 0 Å². The van der Waals surface area contributed by atoms with Crippen LogP contribution in [-0.2, 0) is 4.74 Å². The van der Waals surface area contributed by atoms with Crippen LogP contribution < -0.4 is 5.32 Å². The van der Waals surface area contributed by atoms with Gasteiger partial charge in [0, 0.05) is 12.6 Å². The number of rotatable bonds is 0. The van der Waals surface area contributed by atoms with E-state index in [-0.39, 0.29) is 0 Å². The van der Waals surface area contributed by atoms with Gasteiger partial charge in [-0.15, -0.1) is 0 Å². The summed E-state index contributed by atoms with van der Waals surface area (Å²) in [5, 5.41) is 3.17. The molecule has 0 aromatic rings. The molecule has 2 bridgehead atoms. The third kappa shape index (κ3) is 0.335. The standard InChI is InChI=1S/C5H7NO/c1-4-3-7-5(1)2-6-4/h2,4,6H,1,3H2. The van der Waals surface area contributed by atoms with Crippen molar-refractivity contribution in [3.8, 4) is 0 Å². The first kappa shape index (κ1) is 3.36. The van der Waals surface area contributed by atoms with Crippen LogP contribution in [0.25, 0.3) is 0 Å². The van der Waals surface area contributed by atoms with Gasteiger partial charge in [-0.3, -0.25) is 0 Å². The maximum Gasteiger partial charge on any atom is 0.114 e. The minimum atomic E-state index is 0.606. The van der Waals surface area contributed by atoms with Gasteiger partial charge in [-0.1, -0.05) is 0 Å². The molecule has 0 radical (unpaired) electrons. The van der Waals surface area contributed by atoms with Crippen molar-refractivity contribution >= 4 is 0 Å². The van der Waals surface area contributed by atoms with Gasteiger partial charge in [0.05, 0.1) is 6.04 Å². The summed E-state index contributed by atoms with van der Waals surface area (Å²) in [6, 6.07) is 0.606. The van der Waals surface area contributed by atoms with E-state index in [9.17, 15) is 0 Å². The second kappa shape index (κ2) is 0.941. The Labute approximate surface area is 42.2 Å². The normalized spacial score (nSPS) is 34.3. The lowest BCUT2D eigenvalue weighted by atomic mass is 10.3. The molecule has 1 saturated heterocycles. The van der Waals surface area contributed by atoms with E-state index < -0.39 is 0 Å². The van der Waals surface area contributed by atoms with E-state index in [0.29, 0.717) is 6.04 Å². The molecule has 0 spiro atoms. The van der Waals surface area contributed by atoms with Crippen molar-refractivity contribution in [2.45, 2.75) is 12.5 Å². The third-order valence-corrected chi connectivity index (χ3v) is 1.40. The van der Waals surface area contributed by atoms with E-state index in [1.165, 1.54) is 0 Å². The molecule has 2 nitrogen and oxygen atoms in total. The van der Waals surface area contributed by atoms with Gasteiger partial charge in [-0.25, -0.2) is 0 Å². The molecule has 1 unspecified atom stereocenters. The molecule has 38 valence electrons. The Morgan fingerprint density at radius 3 is 3.00 bits per heavy atom. The maximum atomic E-state index is 5.15. The van der Waals surface area contributed by atoms with Crippen molar-refractivity contribution in [2.75, 3.05) is 6.61 Å². The molecule has 2 rings (SSSR count). The Morgan fingerprint density at radius 2 is 2.86 bits per heavy atom. The summed E-state index contributed by atoms with van der Waals surface area (Å²) >= 11 is 0. The van der Waals surface area contributed by atoms with Crippen LogP contribution in [0.3, 0.4) is 0 Å². The van der Waals surface area contributed by atoms with Gasteiger partial charge in [-0.05, 0) is 0 Å². The molecule has 0 aromatic carbocycles. The molecule has 2 heteroatoms. The van der Waals surface area contributed by atoms with E-state index >= 15 is 0 Å². The minimum absolute atomic E-state index is 0.606. The maximum absolute atomic E-state index is 5.15. The zero-order chi connectivity index (χ0) is 4.69. The van der Waals surface area contributed by atoms with Crippen LogP contribution in [0.4, 0.5) is 0 Å². The van der Waals surface area contributed by atoms with Crippen molar-refractivity contribution in [2.24, 2.45) is 0 Å². The predicted molar refractivity (Wildman–Crippen MR) is 25.6 cm³/mol. The molecular weight excluding hydrogens is 90.1 g/mol. The Morgan fingerprint density at radius 1 is 1.86 bits per heavy atom. The molecule has 2 aliphatic heterocycles. The Kier molecular flexibility index (Phi) is 0.451. The SMILES string of the molecule is C1=C2CC(CO2)N1. The lowest BCUT2D eigenvalue weighted by molar-refractivity contribution is 0.234. The van der Waals surface area contributed by atoms with Crippen LogP contribution >= 0.6 is 0 Å². The molecule has 7 heavy (non-hydrogen) atoms. The summed E-state index contributed by atoms with van der Waals surface area (Å²) in [7, 11) is 0. The van der Waals surface area contributed by atoms with Crippen LogP contribution in [0.5, 0.6) is 0 Å². The lowest BCUT2D eigenvalue weighted by Crippen LogP contribution is -2.22. The number of fused-ring (bicyclic) bond motifs is 2. The van der Waals surface area contributed by atoms with Gasteiger partial charge >= 0.3 is 0 Å². The second-order valence-electron chi connectivity index (χ2n) is 1.99. The molecule has 0 aromatic heterocycles. The highest BCUT2D eigenvalue weighted by Gasteiger charge is 2.24. The van der Waals surface area contributed by atoms with Gasteiger partial charge < -0.3 is 10.1 Å². The summed E-state index contributed by atoms with van der Waals surface area (Å²) in [5.41, 5.74) is 0. The molecule has 0 amide bonds. The van der Waals surface area contributed by atoms with E-state index in [1.54, 1.807) is 0 Å². The molecule has 1 atom stereocenters. The van der Waals surface area contributed by atoms with Gasteiger partial charge in [0.25, 0.3) is 0 Å². The fourth-order valence-corrected chi connectivity index (χ4v) is 0.987. The highest BCUT2D eigenvalue weighted by molar-refractivity contribution is 5.08. The highest BCUT2D eigenvalue weighted by Crippen LogP contribution is 2.21. The number of ether oxygens (including phenoxy) is 1. The predicted octanol–water partition coefficient (Wildman–Crippen LogP) is 0.220. The van der Waals surface area contributed by atoms with Crippen molar-refractivity contribution in [3.63, 3.8) is 0 Å². The zero-order valence-corrected chi connectivity index (χ0v) is 3.98. The lowest BCUT2D eigenvalue weighted by Gasteiger charge is -2.05. The highest BCUT2D eigenvalue weighted by atomic mass is 16.5. The smallest absolute Gasteiger partial charge is 0.114 e. The van der Waals surface area contributed by atoms with E-state index in [0.717, 1.165) is 18.8 Å². The van der Waals surface area contributed by atoms with Crippen LogP contribution in [-0.4, -0.2) is 12.6 Å². The van der Waals surface area contributed by atoms with Gasteiger partial charge in [-0.2, -0.15) is 0 Å². The average molecular weight is 97.1 g/mol. The second-order valence-corrected chi connectivity index (χ2v) is 1.99. The van der Waals surface area contributed by atoms with Crippen LogP contribution in [0.1, 0.15) is 6.42 Å². The van der Waals surface area contributed by atoms with Crippen molar-refractivity contribution < 1.29 is 4.74 Å². The zero-order valence-electron chi connectivity index (χ0n) is 3.98. The Hall–Kier alpha value is -0.660. The fraction of sp³-hybridized carbons (Fsp3) is 0.600. The molecule has 2 aliphatic rings. The van der Waals surface area contributed by atoms with E-state index in [1.807, 2.05) is 6.20 Å². The summed E-state index contributed by atoms with van der Waals surface area (Å²) in [4.78, 5) is 0. The Balaban J connectivity index is 2.30. The Bertz CT molecular complexity index is 119. The molecule has 0 aliphatic carbocycles. The number of nitrogens with one attached hydrogen (secondary N) is 1. The van der Waals surface area contributed by atoms with E-state index in [4.69, 9.17) is 4.74 Å². The van der Waals surface area contributed by atoms with Crippen molar-refractivity contribution in [3.05, 3.63) is 12.0 Å². The third-order valence-electron chi connectivity index (χ3n) is 1.40. The molecule has 2 heterocycles. The monoisotopic (exact) mass is 97.1 g/mol. The number of hydrogen-bond donors (Lipinski definition) is 1. The number of hydrogen-bond acceptors (Lipinski definition) is 2. The topological polar surface area (TPSA) is 21.3 Å². The fourth-order valence-electron chi connectivity index (χ4n) is 0.987. The molecule has 1 fully saturated rings. The van der Waals surface area contributed by atoms with Gasteiger partial charge in [0.2, 0.25) is 0 Å². The first-order valence-corrected chi connectivity index (χ1v) is 2.53. The molecule has 0 saturated carbocycles. The summed E-state index contributed by atoms with van der Waals surface area (Å²) < 4.78 is 5.15. The van der Waals surface area contributed by atoms with E-state index in [2.05, 4.69) is 5.32 Å². The molecular formula is C5H7NO. The van der Waals surface area contributed by atoms with Gasteiger partial charge in [0.1, 0.15) is 12.4 Å². The first-order chi connectivity index (χ1) is 3.45. The average Bonchev–Trinajstić information content (AvgIpc) is 2.22. The van der Waals surface area contributed by atoms with Gasteiger partial charge in [0.15, 0.2) is 0 Å². The van der Waals surface area contributed by atoms with Crippen molar-refractivity contribution in [1.82, 2.24) is 5.32 Å². The molecule has 1 N–H and O–H groups in total. The summed E-state index contributed by atoms with van der Waals surface area (Å²) in [6.45, 7) is 0.881. The first-order valence-electron chi connectivity index (χ1n) is 2.53. The summed E-state index contributed by atoms with van der Waals surface area (Å²) in [5.74, 6) is 1.13. The van der Waals surface area contributed by atoms with Crippen LogP contribution in [0.2, 0.25) is 0 Å². The quantitative estimate of drug-likeness (QED) is 0.467. The summed E-state index contributed by atoms with van der Waals surface area (Å²) in [6.07, 6.45) is 3.06.